The van der Waals surface area contributed by atoms with Crippen molar-refractivity contribution in [3.63, 3.8) is 0 Å². The minimum atomic E-state index is -3.84. The van der Waals surface area contributed by atoms with Gasteiger partial charge in [0.25, 0.3) is 10.0 Å². The lowest BCUT2D eigenvalue weighted by Gasteiger charge is -2.11. The molecule has 9 heteroatoms. The molecule has 0 saturated carbocycles. The maximum Gasteiger partial charge on any atom is 0.281 e. The molecule has 0 radical (unpaired) electrons. The van der Waals surface area contributed by atoms with Gasteiger partial charge in [0, 0.05) is 0 Å². The quantitative estimate of drug-likeness (QED) is 0.762. The number of nitrogens with zero attached hydrogens (tertiary/aromatic N) is 3. The van der Waals surface area contributed by atoms with E-state index in [4.69, 9.17) is 4.74 Å². The number of benzene rings is 1. The van der Waals surface area contributed by atoms with E-state index in [1.807, 2.05) is 13.8 Å². The van der Waals surface area contributed by atoms with E-state index >= 15 is 0 Å². The summed E-state index contributed by atoms with van der Waals surface area (Å²) in [6, 6.07) is 6.85. The maximum absolute atomic E-state index is 12.9. The fourth-order valence-electron chi connectivity index (χ4n) is 2.29. The number of para-hydroxylation sites is 2. The van der Waals surface area contributed by atoms with E-state index in [0.29, 0.717) is 28.5 Å². The van der Waals surface area contributed by atoms with Crippen LogP contribution in [0.5, 0.6) is 5.75 Å². The van der Waals surface area contributed by atoms with Gasteiger partial charge in [-0.1, -0.05) is 30.4 Å². The van der Waals surface area contributed by atoms with Gasteiger partial charge in [-0.25, -0.2) is 4.98 Å². The first-order chi connectivity index (χ1) is 11.0. The number of nitrogens with one attached hydrogen (secondary N) is 1. The molecule has 3 rings (SSSR count). The molecule has 23 heavy (non-hydrogen) atoms. The molecule has 0 fully saturated rings. The summed E-state index contributed by atoms with van der Waals surface area (Å²) in [4.78, 5) is 4.94. The fraction of sp³-hybridized carbons (Fsp3) is 0.286. The molecule has 0 aliphatic carbocycles. The lowest BCUT2D eigenvalue weighted by Crippen LogP contribution is -2.17. The molecule has 0 aliphatic heterocycles. The second-order valence-corrected chi connectivity index (χ2v) is 7.60. The molecule has 0 atom stereocenters. The highest BCUT2D eigenvalue weighted by molar-refractivity contribution is 7.92. The monoisotopic (exact) mass is 352 g/mol. The largest absolute Gasteiger partial charge is 0.495 e. The van der Waals surface area contributed by atoms with Gasteiger partial charge in [0.15, 0.2) is 0 Å². The number of fused-ring (bicyclic) bond motifs is 1. The normalized spacial score (nSPS) is 11.8. The third-order valence-electron chi connectivity index (χ3n) is 3.27. The molecule has 7 nitrogen and oxygen atoms in total. The van der Waals surface area contributed by atoms with E-state index < -0.39 is 10.0 Å². The third-order valence-corrected chi connectivity index (χ3v) is 5.50. The van der Waals surface area contributed by atoms with Gasteiger partial charge < -0.3 is 4.74 Å². The molecule has 2 aromatic heterocycles. The molecule has 2 heterocycles. The summed E-state index contributed by atoms with van der Waals surface area (Å²) in [7, 11) is -2.35. The van der Waals surface area contributed by atoms with Crippen molar-refractivity contribution in [1.82, 2.24) is 14.6 Å². The highest BCUT2D eigenvalue weighted by Crippen LogP contribution is 2.28. The van der Waals surface area contributed by atoms with E-state index in [0.717, 1.165) is 5.01 Å². The average molecular weight is 352 g/mol. The van der Waals surface area contributed by atoms with Gasteiger partial charge in [-0.05, 0) is 25.5 Å². The summed E-state index contributed by atoms with van der Waals surface area (Å²) in [5, 5.41) is 5.08. The molecule has 0 spiro atoms. The zero-order chi connectivity index (χ0) is 16.6. The van der Waals surface area contributed by atoms with Crippen molar-refractivity contribution in [3.8, 4) is 5.75 Å². The van der Waals surface area contributed by atoms with Crippen LogP contribution in [-0.2, 0) is 16.4 Å². The van der Waals surface area contributed by atoms with Crippen LogP contribution in [0.1, 0.15) is 17.6 Å². The number of rotatable bonds is 5. The van der Waals surface area contributed by atoms with Crippen molar-refractivity contribution in [2.45, 2.75) is 25.3 Å². The van der Waals surface area contributed by atoms with Crippen molar-refractivity contribution in [2.75, 3.05) is 11.8 Å². The van der Waals surface area contributed by atoms with Gasteiger partial charge in [0.1, 0.15) is 10.8 Å². The Bertz CT molecular complexity index is 960. The topological polar surface area (TPSA) is 85.6 Å². The van der Waals surface area contributed by atoms with E-state index in [1.54, 1.807) is 24.3 Å². The number of methoxy groups -OCH3 is 1. The fourth-order valence-corrected chi connectivity index (χ4v) is 4.52. The molecule has 0 unspecified atom stereocenters. The first kappa shape index (κ1) is 15.8. The molecular weight excluding hydrogens is 336 g/mol. The van der Waals surface area contributed by atoms with E-state index in [9.17, 15) is 8.42 Å². The lowest BCUT2D eigenvalue weighted by atomic mass is 10.3. The van der Waals surface area contributed by atoms with Gasteiger partial charge in [-0.2, -0.15) is 18.0 Å². The Balaban J connectivity index is 2.12. The van der Waals surface area contributed by atoms with Crippen LogP contribution in [0.15, 0.2) is 29.3 Å². The zero-order valence-corrected chi connectivity index (χ0v) is 14.5. The van der Waals surface area contributed by atoms with Crippen LogP contribution in [0.2, 0.25) is 0 Å². The average Bonchev–Trinajstić information content (AvgIpc) is 3.02. The predicted octanol–water partition coefficient (Wildman–Crippen LogP) is 2.47. The number of aromatic nitrogens is 3. The number of imidazole rings is 1. The SMILES string of the molecule is CCc1nc2sc(C)nn2c1S(=O)(=O)Nc1ccccc1OC. The number of anilines is 1. The van der Waals surface area contributed by atoms with Crippen LogP contribution >= 0.6 is 11.3 Å². The van der Waals surface area contributed by atoms with E-state index in [2.05, 4.69) is 14.8 Å². The summed E-state index contributed by atoms with van der Waals surface area (Å²) >= 11 is 1.36. The highest BCUT2D eigenvalue weighted by atomic mass is 32.2. The van der Waals surface area contributed by atoms with Crippen molar-refractivity contribution in [1.29, 1.82) is 0 Å². The predicted molar refractivity (Wildman–Crippen MR) is 88.8 cm³/mol. The number of ether oxygens (including phenoxy) is 1. The zero-order valence-electron chi connectivity index (χ0n) is 12.9. The molecule has 0 amide bonds. The highest BCUT2D eigenvalue weighted by Gasteiger charge is 2.27. The number of sulfonamides is 1. The Morgan fingerprint density at radius 3 is 2.78 bits per heavy atom. The van der Waals surface area contributed by atoms with E-state index in [-0.39, 0.29) is 5.03 Å². The second-order valence-electron chi connectivity index (χ2n) is 4.84. The standard InChI is InChI=1S/C14H16N4O3S2/c1-4-10-13(18-14(15-10)22-9(2)16-18)23(19,20)17-11-7-5-6-8-12(11)21-3/h5-8,17H,4H2,1-3H3. The Kier molecular flexibility index (Phi) is 3.99. The van der Waals surface area contributed by atoms with Crippen molar-refractivity contribution in [3.05, 3.63) is 35.0 Å². The Hall–Kier alpha value is -2.13. The van der Waals surface area contributed by atoms with Crippen molar-refractivity contribution >= 4 is 32.0 Å². The lowest BCUT2D eigenvalue weighted by molar-refractivity contribution is 0.417. The van der Waals surface area contributed by atoms with Crippen LogP contribution in [0.25, 0.3) is 4.96 Å². The minimum Gasteiger partial charge on any atom is -0.495 e. The van der Waals surface area contributed by atoms with Gasteiger partial charge in [0.05, 0.1) is 18.5 Å². The molecular formula is C14H16N4O3S2. The Morgan fingerprint density at radius 1 is 1.35 bits per heavy atom. The summed E-state index contributed by atoms with van der Waals surface area (Å²) < 4.78 is 34.9. The van der Waals surface area contributed by atoms with Crippen LogP contribution in [0.3, 0.4) is 0 Å². The van der Waals surface area contributed by atoms with Crippen LogP contribution in [0, 0.1) is 6.92 Å². The number of hydrogen-bond acceptors (Lipinski definition) is 6. The first-order valence-electron chi connectivity index (χ1n) is 6.97. The molecule has 0 bridgehead atoms. The summed E-state index contributed by atoms with van der Waals surface area (Å²) in [5.41, 5.74) is 0.866. The number of aryl methyl sites for hydroxylation is 2. The summed E-state index contributed by atoms with van der Waals surface area (Å²) in [6.45, 7) is 3.68. The molecule has 0 saturated heterocycles. The third kappa shape index (κ3) is 2.77. The maximum atomic E-state index is 12.9. The van der Waals surface area contributed by atoms with Crippen LogP contribution in [-0.4, -0.2) is 30.1 Å². The molecule has 1 N–H and O–H groups in total. The van der Waals surface area contributed by atoms with Crippen LogP contribution in [0.4, 0.5) is 5.69 Å². The second kappa shape index (κ2) is 5.82. The molecule has 122 valence electrons. The first-order valence-corrected chi connectivity index (χ1v) is 9.27. The van der Waals surface area contributed by atoms with Crippen LogP contribution < -0.4 is 9.46 Å². The minimum absolute atomic E-state index is 0.0743. The molecule has 0 aliphatic rings. The van der Waals surface area contributed by atoms with E-state index in [1.165, 1.54) is 23.0 Å². The summed E-state index contributed by atoms with van der Waals surface area (Å²) in [5.74, 6) is 0.448. The number of hydrogen-bond donors (Lipinski definition) is 1. The molecule has 3 aromatic rings. The van der Waals surface area contributed by atoms with Gasteiger partial charge in [-0.15, -0.1) is 0 Å². The van der Waals surface area contributed by atoms with Crippen molar-refractivity contribution < 1.29 is 13.2 Å². The Labute approximate surface area is 138 Å². The van der Waals surface area contributed by atoms with Gasteiger partial charge in [0.2, 0.25) is 9.99 Å². The smallest absolute Gasteiger partial charge is 0.281 e. The van der Waals surface area contributed by atoms with Gasteiger partial charge in [-0.3, -0.25) is 4.72 Å². The van der Waals surface area contributed by atoms with Crippen molar-refractivity contribution in [2.24, 2.45) is 0 Å². The summed E-state index contributed by atoms with van der Waals surface area (Å²) in [6.07, 6.45) is 0.497. The molecule has 1 aromatic carbocycles. The Morgan fingerprint density at radius 2 is 2.09 bits per heavy atom. The van der Waals surface area contributed by atoms with Gasteiger partial charge >= 0.3 is 0 Å².